The first kappa shape index (κ1) is 20.1. The van der Waals surface area contributed by atoms with Crippen molar-refractivity contribution >= 4 is 17.4 Å². The van der Waals surface area contributed by atoms with Gasteiger partial charge in [-0.1, -0.05) is 32.0 Å². The van der Waals surface area contributed by atoms with Crippen LogP contribution in [-0.4, -0.2) is 40.3 Å². The van der Waals surface area contributed by atoms with Crippen LogP contribution < -0.4 is 10.2 Å². The lowest BCUT2D eigenvalue weighted by molar-refractivity contribution is 0.145. The predicted octanol–water partition coefficient (Wildman–Crippen LogP) is 4.35. The van der Waals surface area contributed by atoms with Gasteiger partial charge in [0.25, 0.3) is 6.43 Å². The number of nitrogens with one attached hydrogen (secondary N) is 1. The zero-order valence-corrected chi connectivity index (χ0v) is 16.7. The average molecular weight is 391 g/mol. The van der Waals surface area contributed by atoms with Gasteiger partial charge in [0.1, 0.15) is 0 Å². The number of amides is 2. The van der Waals surface area contributed by atoms with Crippen LogP contribution in [0.5, 0.6) is 0 Å². The van der Waals surface area contributed by atoms with E-state index in [2.05, 4.69) is 15.3 Å². The summed E-state index contributed by atoms with van der Waals surface area (Å²) in [4.78, 5) is 16.8. The Balaban J connectivity index is 1.83. The molecule has 2 aromatic rings. The van der Waals surface area contributed by atoms with E-state index >= 15 is 0 Å². The number of likely N-dealkylation sites (N-methyl/N-ethyl adjacent to an activating group) is 1. The van der Waals surface area contributed by atoms with E-state index in [4.69, 9.17) is 0 Å². The van der Waals surface area contributed by atoms with Crippen LogP contribution in [-0.2, 0) is 13.1 Å². The van der Waals surface area contributed by atoms with E-state index in [9.17, 15) is 13.6 Å². The monoisotopic (exact) mass is 391 g/mol. The van der Waals surface area contributed by atoms with Gasteiger partial charge in [-0.05, 0) is 24.5 Å². The lowest BCUT2D eigenvalue weighted by Gasteiger charge is -2.28. The van der Waals surface area contributed by atoms with Gasteiger partial charge in [-0.25, -0.2) is 13.6 Å². The molecule has 2 amide bonds. The maximum absolute atomic E-state index is 13.4. The second-order valence-electron chi connectivity index (χ2n) is 7.76. The summed E-state index contributed by atoms with van der Waals surface area (Å²) in [6.45, 7) is 7.49. The maximum Gasteiger partial charge on any atom is 0.322 e. The lowest BCUT2D eigenvalue weighted by Crippen LogP contribution is -2.44. The van der Waals surface area contributed by atoms with Crippen molar-refractivity contribution in [2.75, 3.05) is 23.8 Å². The lowest BCUT2D eigenvalue weighted by atomic mass is 10.1. The molecular formula is C20H27F2N5O. The minimum Gasteiger partial charge on any atom is -0.372 e. The first-order valence-corrected chi connectivity index (χ1v) is 9.48. The Kier molecular flexibility index (Phi) is 5.86. The van der Waals surface area contributed by atoms with Gasteiger partial charge in [0, 0.05) is 44.6 Å². The molecule has 3 rings (SSSR count). The largest absolute Gasteiger partial charge is 0.372 e. The molecule has 6 nitrogen and oxygen atoms in total. The Morgan fingerprint density at radius 3 is 2.71 bits per heavy atom. The summed E-state index contributed by atoms with van der Waals surface area (Å²) in [5.41, 5.74) is 1.77. The van der Waals surface area contributed by atoms with E-state index in [1.54, 1.807) is 4.90 Å². The van der Waals surface area contributed by atoms with Crippen molar-refractivity contribution in [2.45, 2.75) is 46.3 Å². The predicted molar refractivity (Wildman–Crippen MR) is 106 cm³/mol. The van der Waals surface area contributed by atoms with E-state index < -0.39 is 18.2 Å². The number of anilines is 2. The number of hydrogen-bond donors (Lipinski definition) is 1. The highest BCUT2D eigenvalue weighted by Gasteiger charge is 2.28. The van der Waals surface area contributed by atoms with Gasteiger partial charge in [-0.2, -0.15) is 5.10 Å². The highest BCUT2D eigenvalue weighted by Crippen LogP contribution is 2.29. The van der Waals surface area contributed by atoms with Gasteiger partial charge in [-0.15, -0.1) is 0 Å². The van der Waals surface area contributed by atoms with E-state index in [1.165, 1.54) is 10.9 Å². The molecule has 8 heteroatoms. The molecular weight excluding hydrogens is 364 g/mol. The van der Waals surface area contributed by atoms with E-state index in [0.29, 0.717) is 19.6 Å². The fourth-order valence-electron chi connectivity index (χ4n) is 3.57. The molecule has 2 heterocycles. The van der Waals surface area contributed by atoms with Crippen molar-refractivity contribution in [1.29, 1.82) is 0 Å². The number of carbonyl (C=O) groups excluding carboxylic acids is 1. The molecule has 0 fully saturated rings. The Hall–Kier alpha value is -2.64. The Labute approximate surface area is 164 Å². The summed E-state index contributed by atoms with van der Waals surface area (Å²) >= 11 is 0. The van der Waals surface area contributed by atoms with Crippen LogP contribution in [0, 0.1) is 5.92 Å². The van der Waals surface area contributed by atoms with Crippen molar-refractivity contribution in [3.05, 3.63) is 41.7 Å². The van der Waals surface area contributed by atoms with E-state index in [1.807, 2.05) is 52.1 Å². The van der Waals surface area contributed by atoms with Gasteiger partial charge in [-0.3, -0.25) is 4.68 Å². The average Bonchev–Trinajstić information content (AvgIpc) is 2.95. The van der Waals surface area contributed by atoms with Crippen molar-refractivity contribution in [2.24, 2.45) is 5.92 Å². The fraction of sp³-hybridized carbons (Fsp3) is 0.500. The molecule has 0 aliphatic carbocycles. The van der Waals surface area contributed by atoms with Crippen LogP contribution in [0.25, 0.3) is 0 Å². The summed E-state index contributed by atoms with van der Waals surface area (Å²) in [6, 6.07) is 7.42. The van der Waals surface area contributed by atoms with E-state index in [0.717, 1.165) is 11.3 Å². The van der Waals surface area contributed by atoms with Crippen LogP contribution in [0.1, 0.15) is 38.5 Å². The third-order valence-electron chi connectivity index (χ3n) is 4.87. The van der Waals surface area contributed by atoms with Crippen LogP contribution in [0.4, 0.5) is 25.0 Å². The highest BCUT2D eigenvalue weighted by molar-refractivity contribution is 5.90. The fourth-order valence-corrected chi connectivity index (χ4v) is 3.57. The second-order valence-corrected chi connectivity index (χ2v) is 7.76. The van der Waals surface area contributed by atoms with Crippen molar-refractivity contribution in [3.8, 4) is 0 Å². The van der Waals surface area contributed by atoms with Crippen molar-refractivity contribution in [3.63, 3.8) is 0 Å². The number of para-hydroxylation sites is 1. The Morgan fingerprint density at radius 1 is 1.32 bits per heavy atom. The molecule has 0 radical (unpaired) electrons. The topological polar surface area (TPSA) is 53.4 Å². The van der Waals surface area contributed by atoms with Gasteiger partial charge in [0.2, 0.25) is 0 Å². The highest BCUT2D eigenvalue weighted by atomic mass is 19.3. The van der Waals surface area contributed by atoms with Gasteiger partial charge < -0.3 is 15.1 Å². The summed E-state index contributed by atoms with van der Waals surface area (Å²) in [5, 5.41) is 6.62. The molecule has 1 aromatic carbocycles. The number of fused-ring (bicyclic) bond motifs is 1. The molecule has 0 saturated carbocycles. The first-order valence-electron chi connectivity index (χ1n) is 9.48. The van der Waals surface area contributed by atoms with Gasteiger partial charge in [0.05, 0.1) is 5.69 Å². The first-order chi connectivity index (χ1) is 13.3. The molecule has 1 N–H and O–H groups in total. The Bertz CT molecular complexity index is 836. The minimum absolute atomic E-state index is 0.0683. The van der Waals surface area contributed by atoms with Gasteiger partial charge >= 0.3 is 6.03 Å². The number of aromatic nitrogens is 2. The number of halogens is 2. The summed E-state index contributed by atoms with van der Waals surface area (Å²) in [5.74, 6) is 0.256. The summed E-state index contributed by atoms with van der Waals surface area (Å²) < 4.78 is 28.3. The number of urea groups is 1. The van der Waals surface area contributed by atoms with Crippen LogP contribution >= 0.6 is 0 Å². The molecule has 1 aromatic heterocycles. The van der Waals surface area contributed by atoms with Crippen LogP contribution in [0.15, 0.2) is 30.5 Å². The molecule has 0 unspecified atom stereocenters. The number of hydrogen-bond acceptors (Lipinski definition) is 3. The number of carbonyl (C=O) groups is 1. The molecule has 0 spiro atoms. The normalized spacial score (nSPS) is 17.1. The summed E-state index contributed by atoms with van der Waals surface area (Å²) in [6.07, 6.45) is -1.26. The summed E-state index contributed by atoms with van der Waals surface area (Å²) in [7, 11) is 1.99. The minimum atomic E-state index is -2.75. The molecule has 1 aliphatic rings. The van der Waals surface area contributed by atoms with Crippen LogP contribution in [0.2, 0.25) is 0 Å². The van der Waals surface area contributed by atoms with E-state index in [-0.39, 0.29) is 17.6 Å². The number of nitrogens with zero attached hydrogens (tertiary/aromatic N) is 4. The number of rotatable bonds is 4. The molecule has 152 valence electrons. The zero-order chi connectivity index (χ0) is 20.4. The maximum atomic E-state index is 13.4. The standard InChI is InChI=1S/C20H27F2N5O/c1-13(2)9-26-12-16(18(24-26)19(21)22)23-20(28)27-11-15-7-5-6-8-17(15)25(4)10-14(27)3/h5-8,12-14,19H,9-11H2,1-4H3,(H,23,28)/t14-/m0/s1. The SMILES string of the molecule is CC(C)Cn1cc(NC(=O)N2Cc3ccccc3N(C)C[C@@H]2C)c(C(F)F)n1. The van der Waals surface area contributed by atoms with Crippen molar-refractivity contribution < 1.29 is 13.6 Å². The Morgan fingerprint density at radius 2 is 2.04 bits per heavy atom. The van der Waals surface area contributed by atoms with Gasteiger partial charge in [0.15, 0.2) is 5.69 Å². The van der Waals surface area contributed by atoms with Crippen LogP contribution in [0.3, 0.4) is 0 Å². The molecule has 1 atom stereocenters. The molecule has 0 bridgehead atoms. The second kappa shape index (κ2) is 8.16. The number of benzene rings is 1. The molecule has 28 heavy (non-hydrogen) atoms. The quantitative estimate of drug-likeness (QED) is 0.843. The van der Waals surface area contributed by atoms with Crippen molar-refractivity contribution in [1.82, 2.24) is 14.7 Å². The molecule has 1 aliphatic heterocycles. The third-order valence-corrected chi connectivity index (χ3v) is 4.87. The smallest absolute Gasteiger partial charge is 0.322 e. The molecule has 0 saturated heterocycles. The third kappa shape index (κ3) is 4.26. The zero-order valence-electron chi connectivity index (χ0n) is 16.7. The number of alkyl halides is 2.